The van der Waals surface area contributed by atoms with Gasteiger partial charge < -0.3 is 15.1 Å². The van der Waals surface area contributed by atoms with E-state index in [4.69, 9.17) is 10.6 Å². The Balaban J connectivity index is 2.78. The van der Waals surface area contributed by atoms with Gasteiger partial charge in [-0.05, 0) is 6.07 Å². The second-order valence-electron chi connectivity index (χ2n) is 3.85. The predicted molar refractivity (Wildman–Crippen MR) is 73.1 cm³/mol. The van der Waals surface area contributed by atoms with Gasteiger partial charge >= 0.3 is 5.97 Å². The molecule has 0 unspecified atom stereocenters. The number of hydrazine groups is 1. The molecular weight excluding hydrogens is 252 g/mol. The van der Waals surface area contributed by atoms with Crippen molar-refractivity contribution in [2.24, 2.45) is 5.84 Å². The number of nitrogen functional groups attached to an aromatic ring is 1. The van der Waals surface area contributed by atoms with Crippen LogP contribution in [0.5, 0.6) is 0 Å². The molecule has 0 aromatic carbocycles. The van der Waals surface area contributed by atoms with Crippen LogP contribution in [0.25, 0.3) is 10.2 Å². The van der Waals surface area contributed by atoms with Crippen molar-refractivity contribution in [1.82, 2.24) is 4.98 Å². The van der Waals surface area contributed by atoms with Gasteiger partial charge in [0.25, 0.3) is 0 Å². The van der Waals surface area contributed by atoms with Gasteiger partial charge in [-0.1, -0.05) is 0 Å². The van der Waals surface area contributed by atoms with Crippen molar-refractivity contribution < 1.29 is 9.53 Å². The van der Waals surface area contributed by atoms with Crippen molar-refractivity contribution in [3.63, 3.8) is 0 Å². The fourth-order valence-corrected chi connectivity index (χ4v) is 2.80. The van der Waals surface area contributed by atoms with Crippen LogP contribution in [-0.2, 0) is 4.74 Å². The number of aromatic nitrogens is 1. The number of pyridine rings is 1. The lowest BCUT2D eigenvalue weighted by Gasteiger charge is -2.14. The smallest absolute Gasteiger partial charge is 0.350 e. The SMILES string of the molecule is COC(=O)c1sc2nccc(N(C)C)c2c1NN. The lowest BCUT2D eigenvalue weighted by Crippen LogP contribution is -2.13. The summed E-state index contributed by atoms with van der Waals surface area (Å²) in [5.41, 5.74) is 4.07. The molecule has 2 rings (SSSR count). The number of anilines is 2. The van der Waals surface area contributed by atoms with E-state index >= 15 is 0 Å². The Morgan fingerprint density at radius 2 is 2.28 bits per heavy atom. The molecule has 7 heteroatoms. The van der Waals surface area contributed by atoms with Crippen LogP contribution < -0.4 is 16.2 Å². The molecule has 2 aromatic rings. The third-order valence-corrected chi connectivity index (χ3v) is 3.64. The minimum Gasteiger partial charge on any atom is -0.465 e. The third kappa shape index (κ3) is 1.87. The molecule has 0 spiro atoms. The first-order valence-electron chi connectivity index (χ1n) is 5.24. The molecule has 0 bridgehead atoms. The van der Waals surface area contributed by atoms with Crippen molar-refractivity contribution in [2.75, 3.05) is 31.5 Å². The van der Waals surface area contributed by atoms with E-state index < -0.39 is 5.97 Å². The molecule has 0 atom stereocenters. The van der Waals surface area contributed by atoms with E-state index in [2.05, 4.69) is 10.4 Å². The van der Waals surface area contributed by atoms with Crippen LogP contribution in [-0.4, -0.2) is 32.2 Å². The van der Waals surface area contributed by atoms with E-state index in [1.807, 2.05) is 25.1 Å². The monoisotopic (exact) mass is 266 g/mol. The van der Waals surface area contributed by atoms with Crippen LogP contribution >= 0.6 is 11.3 Å². The summed E-state index contributed by atoms with van der Waals surface area (Å²) in [5.74, 6) is 5.10. The maximum atomic E-state index is 11.7. The molecule has 96 valence electrons. The number of thiophene rings is 1. The van der Waals surface area contributed by atoms with Crippen molar-refractivity contribution in [1.29, 1.82) is 0 Å². The van der Waals surface area contributed by atoms with E-state index in [0.717, 1.165) is 15.9 Å². The average Bonchev–Trinajstić information content (AvgIpc) is 2.75. The molecule has 0 saturated carbocycles. The zero-order valence-corrected chi connectivity index (χ0v) is 11.2. The lowest BCUT2D eigenvalue weighted by molar-refractivity contribution is 0.0607. The highest BCUT2D eigenvalue weighted by molar-refractivity contribution is 7.21. The molecule has 0 aliphatic carbocycles. The van der Waals surface area contributed by atoms with E-state index in [1.54, 1.807) is 6.20 Å². The van der Waals surface area contributed by atoms with Crippen molar-refractivity contribution in [3.05, 3.63) is 17.1 Å². The first kappa shape index (κ1) is 12.6. The summed E-state index contributed by atoms with van der Waals surface area (Å²) in [7, 11) is 5.18. The summed E-state index contributed by atoms with van der Waals surface area (Å²) in [6.45, 7) is 0. The molecular formula is C11H14N4O2S. The van der Waals surface area contributed by atoms with E-state index in [0.29, 0.717) is 10.6 Å². The van der Waals surface area contributed by atoms with Gasteiger partial charge in [0.2, 0.25) is 0 Å². The fraction of sp³-hybridized carbons (Fsp3) is 0.273. The van der Waals surface area contributed by atoms with Crippen LogP contribution in [0.2, 0.25) is 0 Å². The minimum atomic E-state index is -0.421. The zero-order valence-electron chi connectivity index (χ0n) is 10.4. The fourth-order valence-electron chi connectivity index (χ4n) is 1.75. The molecule has 0 saturated heterocycles. The highest BCUT2D eigenvalue weighted by Crippen LogP contribution is 2.39. The number of rotatable bonds is 3. The molecule has 6 nitrogen and oxygen atoms in total. The van der Waals surface area contributed by atoms with Crippen LogP contribution in [0, 0.1) is 0 Å². The van der Waals surface area contributed by atoms with Crippen molar-refractivity contribution >= 4 is 38.9 Å². The summed E-state index contributed by atoms with van der Waals surface area (Å²) < 4.78 is 4.74. The summed E-state index contributed by atoms with van der Waals surface area (Å²) >= 11 is 1.26. The predicted octanol–water partition coefficient (Wildman–Crippen LogP) is 1.43. The molecule has 18 heavy (non-hydrogen) atoms. The van der Waals surface area contributed by atoms with Crippen LogP contribution in [0.4, 0.5) is 11.4 Å². The first-order valence-corrected chi connectivity index (χ1v) is 6.05. The standard InChI is InChI=1S/C11H14N4O2S/c1-15(2)6-4-5-13-10-7(6)8(14-12)9(18-10)11(16)17-3/h4-5,14H,12H2,1-3H3. The Labute approximate surface area is 108 Å². The van der Waals surface area contributed by atoms with Crippen molar-refractivity contribution in [3.8, 4) is 0 Å². The van der Waals surface area contributed by atoms with Gasteiger partial charge in [0, 0.05) is 20.3 Å². The first-order chi connectivity index (χ1) is 8.60. The molecule has 0 amide bonds. The summed E-state index contributed by atoms with van der Waals surface area (Å²) in [6.07, 6.45) is 1.70. The Hall–Kier alpha value is -1.86. The lowest BCUT2D eigenvalue weighted by atomic mass is 10.2. The molecule has 2 aromatic heterocycles. The third-order valence-electron chi connectivity index (χ3n) is 2.57. The van der Waals surface area contributed by atoms with Crippen LogP contribution in [0.1, 0.15) is 9.67 Å². The molecule has 0 radical (unpaired) electrons. The summed E-state index contributed by atoms with van der Waals surface area (Å²) in [5, 5.41) is 0.829. The normalized spacial score (nSPS) is 10.4. The topological polar surface area (TPSA) is 80.5 Å². The molecule has 3 N–H and O–H groups in total. The quantitative estimate of drug-likeness (QED) is 0.497. The van der Waals surface area contributed by atoms with Gasteiger partial charge in [0.15, 0.2) is 0 Å². The number of esters is 1. The van der Waals surface area contributed by atoms with E-state index in [1.165, 1.54) is 18.4 Å². The van der Waals surface area contributed by atoms with Gasteiger partial charge in [-0.3, -0.25) is 5.84 Å². The highest BCUT2D eigenvalue weighted by atomic mass is 32.1. The number of hydrogen-bond acceptors (Lipinski definition) is 7. The zero-order chi connectivity index (χ0) is 13.3. The highest BCUT2D eigenvalue weighted by Gasteiger charge is 2.21. The number of nitrogens with one attached hydrogen (secondary N) is 1. The Morgan fingerprint density at radius 3 is 2.83 bits per heavy atom. The Morgan fingerprint density at radius 1 is 1.56 bits per heavy atom. The number of carbonyl (C=O) groups is 1. The second kappa shape index (κ2) is 4.79. The Bertz CT molecular complexity index is 594. The van der Waals surface area contributed by atoms with Crippen molar-refractivity contribution in [2.45, 2.75) is 0 Å². The number of nitrogens with zero attached hydrogens (tertiary/aromatic N) is 2. The average molecular weight is 266 g/mol. The minimum absolute atomic E-state index is 0.421. The molecule has 0 aliphatic heterocycles. The summed E-state index contributed by atoms with van der Waals surface area (Å²) in [4.78, 5) is 19.1. The number of nitrogens with two attached hydrogens (primary N) is 1. The molecule has 0 fully saturated rings. The van der Waals surface area contributed by atoms with Gasteiger partial charge in [-0.2, -0.15) is 0 Å². The maximum Gasteiger partial charge on any atom is 0.350 e. The van der Waals surface area contributed by atoms with Gasteiger partial charge in [-0.15, -0.1) is 11.3 Å². The Kier molecular flexibility index (Phi) is 3.35. The van der Waals surface area contributed by atoms with Crippen LogP contribution in [0.15, 0.2) is 12.3 Å². The van der Waals surface area contributed by atoms with Gasteiger partial charge in [0.1, 0.15) is 9.71 Å². The number of hydrogen-bond donors (Lipinski definition) is 2. The van der Waals surface area contributed by atoms with E-state index in [9.17, 15) is 4.79 Å². The largest absolute Gasteiger partial charge is 0.465 e. The van der Waals surface area contributed by atoms with Crippen LogP contribution in [0.3, 0.4) is 0 Å². The van der Waals surface area contributed by atoms with Gasteiger partial charge in [-0.25, -0.2) is 9.78 Å². The molecule has 0 aliphatic rings. The molecule has 2 heterocycles. The summed E-state index contributed by atoms with van der Waals surface area (Å²) in [6, 6.07) is 1.87. The number of ether oxygens (including phenoxy) is 1. The number of methoxy groups -OCH3 is 1. The van der Waals surface area contributed by atoms with Gasteiger partial charge in [0.05, 0.1) is 23.9 Å². The van der Waals surface area contributed by atoms with E-state index in [-0.39, 0.29) is 0 Å². The second-order valence-corrected chi connectivity index (χ2v) is 4.85. The maximum absolute atomic E-state index is 11.7. The number of fused-ring (bicyclic) bond motifs is 1. The number of carbonyl (C=O) groups excluding carboxylic acids is 1.